The predicted octanol–water partition coefficient (Wildman–Crippen LogP) is 1.27. The molecule has 0 radical (unpaired) electrons. The molecule has 1 aromatic carbocycles. The number of carbonyl (C=O) groups is 1. The van der Waals surface area contributed by atoms with E-state index >= 15 is 0 Å². The van der Waals surface area contributed by atoms with Gasteiger partial charge in [0.05, 0.1) is 17.4 Å². The maximum Gasteiger partial charge on any atom is 0.285 e. The molecule has 0 N–H and O–H groups in total. The van der Waals surface area contributed by atoms with Crippen molar-refractivity contribution in [3.05, 3.63) is 29.8 Å². The molecule has 30 heavy (non-hydrogen) atoms. The quantitative estimate of drug-likeness (QED) is 0.680. The van der Waals surface area contributed by atoms with Crippen LogP contribution >= 0.6 is 0 Å². The van der Waals surface area contributed by atoms with Gasteiger partial charge in [0.25, 0.3) is 10.0 Å². The maximum absolute atomic E-state index is 13.4. The fourth-order valence-corrected chi connectivity index (χ4v) is 7.62. The highest BCUT2D eigenvalue weighted by Crippen LogP contribution is 2.31. The molecule has 3 aliphatic heterocycles. The van der Waals surface area contributed by atoms with Gasteiger partial charge in [-0.15, -0.1) is 4.40 Å². The fourth-order valence-electron chi connectivity index (χ4n) is 4.66. The third kappa shape index (κ3) is 3.99. The molecule has 0 aromatic heterocycles. The molecule has 0 spiro atoms. The number of hydrogen-bond acceptors (Lipinski definition) is 6. The number of amidine groups is 1. The number of benzene rings is 1. The second-order valence-corrected chi connectivity index (χ2v) is 12.1. The van der Waals surface area contributed by atoms with Crippen molar-refractivity contribution < 1.29 is 21.6 Å². The molecule has 164 valence electrons. The fraction of sp³-hybridized carbons (Fsp3) is 0.600. The van der Waals surface area contributed by atoms with Crippen molar-refractivity contribution in [2.24, 2.45) is 10.3 Å². The number of carbonyl (C=O) groups excluding carboxylic acids is 1. The van der Waals surface area contributed by atoms with E-state index in [1.54, 1.807) is 29.2 Å². The minimum absolute atomic E-state index is 0.0293. The highest BCUT2D eigenvalue weighted by Gasteiger charge is 2.39. The second kappa shape index (κ2) is 7.96. The largest absolute Gasteiger partial charge is 0.355 e. The van der Waals surface area contributed by atoms with Gasteiger partial charge in [-0.25, -0.2) is 8.42 Å². The lowest BCUT2D eigenvalue weighted by Crippen LogP contribution is -2.50. The first-order valence-electron chi connectivity index (χ1n) is 10.4. The zero-order valence-corrected chi connectivity index (χ0v) is 18.7. The van der Waals surface area contributed by atoms with Crippen LogP contribution in [-0.2, 0) is 24.7 Å². The van der Waals surface area contributed by atoms with Gasteiger partial charge in [0.1, 0.15) is 4.90 Å². The zero-order valence-electron chi connectivity index (χ0n) is 17.0. The molecule has 2 fully saturated rings. The Morgan fingerprint density at radius 3 is 2.67 bits per heavy atom. The van der Waals surface area contributed by atoms with Gasteiger partial charge in [0.2, 0.25) is 5.91 Å². The van der Waals surface area contributed by atoms with Gasteiger partial charge in [-0.3, -0.25) is 4.79 Å². The topological polar surface area (TPSA) is 104 Å². The standard InChI is InChI=1S/C20H27N3O5S2/c1-2-10-23(16-9-12-29(25,26)14-16)20(24)15-6-5-11-22(13-15)19-17-7-3-4-8-18(17)30(27,28)21-19/h3-4,7-8,15-16H,2,5-6,9-14H2,1H3. The number of sulfonamides is 1. The number of likely N-dealkylation sites (tertiary alicyclic amines) is 1. The summed E-state index contributed by atoms with van der Waals surface area (Å²) < 4.78 is 52.7. The van der Waals surface area contributed by atoms with E-state index in [0.717, 1.165) is 12.8 Å². The summed E-state index contributed by atoms with van der Waals surface area (Å²) in [6.07, 6.45) is 2.71. The molecule has 0 saturated carbocycles. The van der Waals surface area contributed by atoms with Crippen LogP contribution in [0.1, 0.15) is 38.2 Å². The summed E-state index contributed by atoms with van der Waals surface area (Å²) in [5.74, 6) is 0.250. The first-order valence-corrected chi connectivity index (χ1v) is 13.7. The lowest BCUT2D eigenvalue weighted by molar-refractivity contribution is -0.138. The van der Waals surface area contributed by atoms with Crippen LogP contribution in [0.4, 0.5) is 0 Å². The lowest BCUT2D eigenvalue weighted by atomic mass is 9.95. The Bertz CT molecular complexity index is 1080. The highest BCUT2D eigenvalue weighted by molar-refractivity contribution is 7.91. The van der Waals surface area contributed by atoms with Crippen LogP contribution in [0.5, 0.6) is 0 Å². The van der Waals surface area contributed by atoms with Crippen molar-refractivity contribution in [3.8, 4) is 0 Å². The van der Waals surface area contributed by atoms with Crippen molar-refractivity contribution in [1.82, 2.24) is 9.80 Å². The van der Waals surface area contributed by atoms with Crippen LogP contribution < -0.4 is 0 Å². The summed E-state index contributed by atoms with van der Waals surface area (Å²) in [7, 11) is -6.79. The van der Waals surface area contributed by atoms with Crippen LogP contribution in [0.2, 0.25) is 0 Å². The van der Waals surface area contributed by atoms with Gasteiger partial charge in [-0.05, 0) is 37.8 Å². The van der Waals surface area contributed by atoms with Crippen molar-refractivity contribution in [3.63, 3.8) is 0 Å². The molecule has 10 heteroatoms. The SMILES string of the molecule is CCCN(C(=O)C1CCCN(C2=NS(=O)(=O)c3ccccc32)C1)C1CCS(=O)(=O)C1. The molecule has 1 aromatic rings. The average molecular weight is 454 g/mol. The smallest absolute Gasteiger partial charge is 0.285 e. The minimum Gasteiger partial charge on any atom is -0.355 e. The number of hydrogen-bond donors (Lipinski definition) is 0. The van der Waals surface area contributed by atoms with Crippen molar-refractivity contribution in [1.29, 1.82) is 0 Å². The molecule has 3 heterocycles. The molecular weight excluding hydrogens is 426 g/mol. The van der Waals surface area contributed by atoms with E-state index in [-0.39, 0.29) is 34.3 Å². The van der Waals surface area contributed by atoms with Gasteiger partial charge in [0.15, 0.2) is 15.7 Å². The third-order valence-electron chi connectivity index (χ3n) is 6.08. The van der Waals surface area contributed by atoms with Crippen molar-refractivity contribution >= 4 is 31.6 Å². The van der Waals surface area contributed by atoms with Gasteiger partial charge in [-0.1, -0.05) is 19.1 Å². The van der Waals surface area contributed by atoms with Crippen molar-refractivity contribution in [2.75, 3.05) is 31.1 Å². The van der Waals surface area contributed by atoms with E-state index in [9.17, 15) is 21.6 Å². The van der Waals surface area contributed by atoms with Gasteiger partial charge < -0.3 is 9.80 Å². The molecule has 0 bridgehead atoms. The van der Waals surface area contributed by atoms with Crippen molar-refractivity contribution in [2.45, 2.75) is 43.5 Å². The Morgan fingerprint density at radius 1 is 1.20 bits per heavy atom. The molecule has 2 atom stereocenters. The zero-order chi connectivity index (χ0) is 21.5. The van der Waals surface area contributed by atoms with E-state index in [1.165, 1.54) is 0 Å². The average Bonchev–Trinajstić information content (AvgIpc) is 3.22. The summed E-state index contributed by atoms with van der Waals surface area (Å²) in [6, 6.07) is 6.50. The third-order valence-corrected chi connectivity index (χ3v) is 9.15. The van der Waals surface area contributed by atoms with Crippen LogP contribution in [0.15, 0.2) is 33.6 Å². The van der Waals surface area contributed by atoms with Gasteiger partial charge >= 0.3 is 0 Å². The molecule has 4 rings (SSSR count). The van der Waals surface area contributed by atoms with E-state index in [2.05, 4.69) is 4.40 Å². The van der Waals surface area contributed by atoms with Crippen LogP contribution in [-0.4, -0.2) is 75.6 Å². The summed E-state index contributed by atoms with van der Waals surface area (Å²) in [5, 5.41) is 0. The Morgan fingerprint density at radius 2 is 1.97 bits per heavy atom. The van der Waals surface area contributed by atoms with E-state index in [4.69, 9.17) is 0 Å². The molecule has 1 amide bonds. The minimum atomic E-state index is -3.71. The first-order chi connectivity index (χ1) is 14.2. The second-order valence-electron chi connectivity index (χ2n) is 8.26. The van der Waals surface area contributed by atoms with Gasteiger partial charge in [0, 0.05) is 31.2 Å². The number of amides is 1. The molecule has 3 aliphatic rings. The van der Waals surface area contributed by atoms with E-state index in [1.807, 2.05) is 11.8 Å². The van der Waals surface area contributed by atoms with Crippen LogP contribution in [0.25, 0.3) is 0 Å². The highest BCUT2D eigenvalue weighted by atomic mass is 32.2. The summed E-state index contributed by atoms with van der Waals surface area (Å²) in [4.78, 5) is 17.2. The normalized spacial score (nSPS) is 26.8. The molecule has 2 unspecified atom stereocenters. The number of rotatable bonds is 4. The van der Waals surface area contributed by atoms with E-state index < -0.39 is 19.9 Å². The van der Waals surface area contributed by atoms with Crippen LogP contribution in [0.3, 0.4) is 0 Å². The molecule has 2 saturated heterocycles. The van der Waals surface area contributed by atoms with Gasteiger partial charge in [-0.2, -0.15) is 8.42 Å². The Kier molecular flexibility index (Phi) is 5.65. The number of piperidine rings is 1. The monoisotopic (exact) mass is 453 g/mol. The molecular formula is C20H27N3O5S2. The predicted molar refractivity (Wildman–Crippen MR) is 114 cm³/mol. The number of nitrogens with zero attached hydrogens (tertiary/aromatic N) is 3. The number of fused-ring (bicyclic) bond motifs is 1. The summed E-state index contributed by atoms with van der Waals surface area (Å²) >= 11 is 0. The summed E-state index contributed by atoms with van der Waals surface area (Å²) in [5.41, 5.74) is 0.581. The Balaban J connectivity index is 1.54. The molecule has 8 nitrogen and oxygen atoms in total. The Labute approximate surface area is 177 Å². The van der Waals surface area contributed by atoms with E-state index in [0.29, 0.717) is 43.9 Å². The van der Waals surface area contributed by atoms with Crippen LogP contribution in [0, 0.1) is 5.92 Å². The lowest BCUT2D eigenvalue weighted by Gasteiger charge is -2.37. The number of sulfone groups is 1. The summed E-state index contributed by atoms with van der Waals surface area (Å²) in [6.45, 7) is 3.54. The first kappa shape index (κ1) is 21.3. The Hall–Kier alpha value is -1.94. The maximum atomic E-state index is 13.4. The molecule has 0 aliphatic carbocycles.